The van der Waals surface area contributed by atoms with Crippen molar-refractivity contribution in [3.05, 3.63) is 96.3 Å². The summed E-state index contributed by atoms with van der Waals surface area (Å²) in [6.07, 6.45) is -4.64. The molecule has 152 valence electrons. The van der Waals surface area contributed by atoms with Crippen LogP contribution in [0, 0.1) is 11.6 Å². The average molecular weight is 415 g/mol. The maximum Gasteiger partial charge on any atom is 0.450 e. The lowest BCUT2D eigenvalue weighted by Crippen LogP contribution is -2.13. The van der Waals surface area contributed by atoms with Crippen molar-refractivity contribution in [1.29, 1.82) is 0 Å². The van der Waals surface area contributed by atoms with Gasteiger partial charge >= 0.3 is 6.18 Å². The second-order valence-corrected chi connectivity index (χ2v) is 6.51. The second-order valence-electron chi connectivity index (χ2n) is 6.51. The van der Waals surface area contributed by atoms with E-state index in [9.17, 15) is 22.0 Å². The predicted molar refractivity (Wildman–Crippen MR) is 105 cm³/mol. The fraction of sp³-hybridized carbons (Fsp3) is 0.0455. The minimum absolute atomic E-state index is 0.0426. The molecule has 30 heavy (non-hydrogen) atoms. The van der Waals surface area contributed by atoms with Crippen molar-refractivity contribution in [3.63, 3.8) is 0 Å². The Hall–Kier alpha value is -3.68. The number of benzene rings is 3. The molecule has 0 fully saturated rings. The summed E-state index contributed by atoms with van der Waals surface area (Å²) in [5.41, 5.74) is 1.32. The van der Waals surface area contributed by atoms with Crippen LogP contribution in [0.4, 0.5) is 27.6 Å². The third-order valence-electron chi connectivity index (χ3n) is 4.51. The molecular formula is C22H14F5N3. The number of fused-ring (bicyclic) bond motifs is 1. The standard InChI is InChI=1S/C22H14F5N3/c1-13(16-5-4-6-17(23)20(16)24)28-14-9-11-15(12-10-14)30-19-8-3-2-7-18(19)29-21(30)22(25,26)27/h2-12,28H,1H2. The molecule has 1 aromatic heterocycles. The monoisotopic (exact) mass is 415 g/mol. The van der Waals surface area contributed by atoms with E-state index >= 15 is 0 Å². The molecule has 8 heteroatoms. The minimum Gasteiger partial charge on any atom is -0.355 e. The van der Waals surface area contributed by atoms with Crippen LogP contribution in [0.2, 0.25) is 0 Å². The first-order valence-corrected chi connectivity index (χ1v) is 8.81. The number of imidazole rings is 1. The fourth-order valence-corrected chi connectivity index (χ4v) is 3.15. The molecule has 0 unspecified atom stereocenters. The number of aromatic nitrogens is 2. The summed E-state index contributed by atoms with van der Waals surface area (Å²) in [4.78, 5) is 3.72. The van der Waals surface area contributed by atoms with Crippen LogP contribution < -0.4 is 5.32 Å². The Bertz CT molecular complexity index is 1240. The molecule has 0 spiro atoms. The lowest BCUT2D eigenvalue weighted by Gasteiger charge is -2.14. The van der Waals surface area contributed by atoms with Crippen molar-refractivity contribution in [2.45, 2.75) is 6.18 Å². The summed E-state index contributed by atoms with van der Waals surface area (Å²) >= 11 is 0. The fourth-order valence-electron chi connectivity index (χ4n) is 3.15. The van der Waals surface area contributed by atoms with Gasteiger partial charge in [-0.15, -0.1) is 0 Å². The topological polar surface area (TPSA) is 29.9 Å². The summed E-state index contributed by atoms with van der Waals surface area (Å²) < 4.78 is 68.9. The summed E-state index contributed by atoms with van der Waals surface area (Å²) in [6.45, 7) is 3.70. The summed E-state index contributed by atoms with van der Waals surface area (Å²) in [5.74, 6) is -3.07. The highest BCUT2D eigenvalue weighted by Gasteiger charge is 2.38. The zero-order valence-electron chi connectivity index (χ0n) is 15.3. The molecule has 3 aromatic carbocycles. The van der Waals surface area contributed by atoms with Crippen molar-refractivity contribution in [2.24, 2.45) is 0 Å². The number of hydrogen-bond donors (Lipinski definition) is 1. The molecule has 4 rings (SSSR count). The first kappa shape index (κ1) is 19.6. The molecule has 0 aliphatic carbocycles. The summed E-state index contributed by atoms with van der Waals surface area (Å²) in [6, 6.07) is 16.0. The van der Waals surface area contributed by atoms with Crippen LogP contribution in [0.1, 0.15) is 11.4 Å². The van der Waals surface area contributed by atoms with Crippen LogP contribution in [0.3, 0.4) is 0 Å². The van der Waals surface area contributed by atoms with E-state index in [0.29, 0.717) is 11.2 Å². The van der Waals surface area contributed by atoms with Crippen LogP contribution >= 0.6 is 0 Å². The number of anilines is 1. The molecule has 0 atom stereocenters. The van der Waals surface area contributed by atoms with Gasteiger partial charge in [0, 0.05) is 22.6 Å². The molecule has 0 radical (unpaired) electrons. The number of nitrogens with zero attached hydrogens (tertiary/aromatic N) is 2. The van der Waals surface area contributed by atoms with Crippen molar-refractivity contribution in [1.82, 2.24) is 9.55 Å². The molecule has 0 saturated heterocycles. The number of para-hydroxylation sites is 2. The predicted octanol–water partition coefficient (Wildman–Crippen LogP) is 6.41. The quantitative estimate of drug-likeness (QED) is 0.391. The van der Waals surface area contributed by atoms with Crippen LogP contribution in [-0.2, 0) is 6.18 Å². The highest BCUT2D eigenvalue weighted by molar-refractivity contribution is 5.79. The second kappa shape index (κ2) is 7.29. The zero-order chi connectivity index (χ0) is 21.5. The average Bonchev–Trinajstić information content (AvgIpc) is 3.11. The van der Waals surface area contributed by atoms with Crippen molar-refractivity contribution >= 4 is 22.4 Å². The molecule has 0 aliphatic rings. The van der Waals surface area contributed by atoms with E-state index in [2.05, 4.69) is 16.9 Å². The van der Waals surface area contributed by atoms with E-state index in [1.54, 1.807) is 18.2 Å². The van der Waals surface area contributed by atoms with E-state index < -0.39 is 23.6 Å². The maximum atomic E-state index is 13.9. The molecule has 0 saturated carbocycles. The Morgan fingerprint density at radius 3 is 2.30 bits per heavy atom. The van der Waals surface area contributed by atoms with Crippen molar-refractivity contribution in [2.75, 3.05) is 5.32 Å². The summed E-state index contributed by atoms with van der Waals surface area (Å²) in [7, 11) is 0. The minimum atomic E-state index is -4.64. The van der Waals surface area contributed by atoms with E-state index in [0.717, 1.165) is 10.6 Å². The van der Waals surface area contributed by atoms with Gasteiger partial charge in [0.1, 0.15) is 0 Å². The first-order chi connectivity index (χ1) is 14.3. The first-order valence-electron chi connectivity index (χ1n) is 8.81. The maximum absolute atomic E-state index is 13.9. The third kappa shape index (κ3) is 3.52. The lowest BCUT2D eigenvalue weighted by molar-refractivity contribution is -0.145. The van der Waals surface area contributed by atoms with Crippen molar-refractivity contribution < 1.29 is 22.0 Å². The molecule has 3 nitrogen and oxygen atoms in total. The molecule has 1 N–H and O–H groups in total. The molecule has 0 aliphatic heterocycles. The zero-order valence-corrected chi connectivity index (χ0v) is 15.3. The smallest absolute Gasteiger partial charge is 0.355 e. The van der Waals surface area contributed by atoms with Crippen LogP contribution in [0.15, 0.2) is 73.3 Å². The molecule has 4 aromatic rings. The number of nitrogens with one attached hydrogen (secondary N) is 1. The van der Waals surface area contributed by atoms with Gasteiger partial charge in [-0.25, -0.2) is 13.8 Å². The lowest BCUT2D eigenvalue weighted by atomic mass is 10.1. The highest BCUT2D eigenvalue weighted by atomic mass is 19.4. The highest BCUT2D eigenvalue weighted by Crippen LogP contribution is 2.34. The van der Waals surface area contributed by atoms with E-state index in [1.807, 2.05) is 0 Å². The van der Waals surface area contributed by atoms with Gasteiger partial charge in [-0.2, -0.15) is 13.2 Å². The van der Waals surface area contributed by atoms with Gasteiger partial charge in [0.15, 0.2) is 11.6 Å². The normalized spacial score (nSPS) is 11.6. The van der Waals surface area contributed by atoms with Crippen LogP contribution in [0.25, 0.3) is 22.4 Å². The van der Waals surface area contributed by atoms with E-state index in [4.69, 9.17) is 0 Å². The van der Waals surface area contributed by atoms with Gasteiger partial charge in [0.2, 0.25) is 5.82 Å². The van der Waals surface area contributed by atoms with E-state index in [1.165, 1.54) is 42.5 Å². The van der Waals surface area contributed by atoms with E-state index in [-0.39, 0.29) is 22.5 Å². The van der Waals surface area contributed by atoms with Gasteiger partial charge in [0.25, 0.3) is 0 Å². The van der Waals surface area contributed by atoms with Gasteiger partial charge in [0.05, 0.1) is 11.0 Å². The Morgan fingerprint density at radius 1 is 0.900 bits per heavy atom. The van der Waals surface area contributed by atoms with Gasteiger partial charge < -0.3 is 5.32 Å². The van der Waals surface area contributed by atoms with Crippen molar-refractivity contribution in [3.8, 4) is 5.69 Å². The number of alkyl halides is 3. The molecular weight excluding hydrogens is 401 g/mol. The van der Waals surface area contributed by atoms with Gasteiger partial charge in [-0.05, 0) is 48.5 Å². The van der Waals surface area contributed by atoms with Crippen LogP contribution in [-0.4, -0.2) is 9.55 Å². The Kier molecular flexibility index (Phi) is 4.77. The number of hydrogen-bond acceptors (Lipinski definition) is 2. The molecule has 1 heterocycles. The largest absolute Gasteiger partial charge is 0.450 e. The Balaban J connectivity index is 1.68. The Morgan fingerprint density at radius 2 is 1.60 bits per heavy atom. The van der Waals surface area contributed by atoms with Crippen LogP contribution in [0.5, 0.6) is 0 Å². The SMILES string of the molecule is C=C(Nc1ccc(-n2c(C(F)(F)F)nc3ccccc32)cc1)c1cccc(F)c1F. The molecule has 0 amide bonds. The Labute approximate surface area is 168 Å². The molecule has 0 bridgehead atoms. The van der Waals surface area contributed by atoms with Gasteiger partial charge in [-0.3, -0.25) is 4.57 Å². The third-order valence-corrected chi connectivity index (χ3v) is 4.51. The summed E-state index contributed by atoms with van der Waals surface area (Å²) in [5, 5.41) is 2.83. The number of rotatable bonds is 4. The number of halogens is 5. The van der Waals surface area contributed by atoms with Gasteiger partial charge in [-0.1, -0.05) is 24.8 Å².